The van der Waals surface area contributed by atoms with Crippen molar-refractivity contribution in [2.45, 2.75) is 25.0 Å². The number of carboxylic acid groups (broad SMARTS) is 1. The van der Waals surface area contributed by atoms with Crippen molar-refractivity contribution in [2.75, 3.05) is 6.61 Å². The second-order valence-corrected chi connectivity index (χ2v) is 3.83. The summed E-state index contributed by atoms with van der Waals surface area (Å²) in [6.07, 6.45) is -2.62. The summed E-state index contributed by atoms with van der Waals surface area (Å²) in [5.74, 6) is -1.16. The van der Waals surface area contributed by atoms with Gasteiger partial charge in [0.1, 0.15) is 6.10 Å². The molecule has 0 radical (unpaired) electrons. The maximum absolute atomic E-state index is 10.4. The van der Waals surface area contributed by atoms with Crippen molar-refractivity contribution in [3.63, 3.8) is 0 Å². The molecule has 0 spiro atoms. The van der Waals surface area contributed by atoms with Crippen molar-refractivity contribution in [3.05, 3.63) is 35.4 Å². The minimum Gasteiger partial charge on any atom is -0.481 e. The lowest BCUT2D eigenvalue weighted by molar-refractivity contribution is -0.141. The molecule has 0 saturated carbocycles. The first kappa shape index (κ1) is 13.6. The van der Waals surface area contributed by atoms with Crippen LogP contribution in [0.3, 0.4) is 0 Å². The van der Waals surface area contributed by atoms with E-state index in [1.54, 1.807) is 24.3 Å². The predicted molar refractivity (Wildman–Crippen MR) is 60.5 cm³/mol. The van der Waals surface area contributed by atoms with Gasteiger partial charge in [0.25, 0.3) is 0 Å². The first-order chi connectivity index (χ1) is 8.04. The van der Waals surface area contributed by atoms with Gasteiger partial charge in [0, 0.05) is 6.61 Å². The van der Waals surface area contributed by atoms with Crippen molar-refractivity contribution in [2.24, 2.45) is 0 Å². The summed E-state index contributed by atoms with van der Waals surface area (Å²) in [4.78, 5) is 10.4. The van der Waals surface area contributed by atoms with Gasteiger partial charge in [-0.3, -0.25) is 4.79 Å². The third kappa shape index (κ3) is 4.14. The summed E-state index contributed by atoms with van der Waals surface area (Å²) < 4.78 is 0. The molecular weight excluding hydrogens is 224 g/mol. The first-order valence-corrected chi connectivity index (χ1v) is 5.32. The van der Waals surface area contributed by atoms with E-state index in [-0.39, 0.29) is 6.61 Å². The van der Waals surface area contributed by atoms with Crippen molar-refractivity contribution in [1.82, 2.24) is 0 Å². The van der Waals surface area contributed by atoms with Gasteiger partial charge in [-0.05, 0) is 17.5 Å². The monoisotopic (exact) mass is 240 g/mol. The van der Waals surface area contributed by atoms with E-state index in [1.165, 1.54) is 0 Å². The minimum absolute atomic E-state index is 0.00275. The molecule has 0 aliphatic carbocycles. The van der Waals surface area contributed by atoms with Crippen molar-refractivity contribution in [3.8, 4) is 0 Å². The lowest BCUT2D eigenvalue weighted by Crippen LogP contribution is -2.21. The van der Waals surface area contributed by atoms with Crippen LogP contribution in [0.4, 0.5) is 0 Å². The number of rotatable bonds is 6. The van der Waals surface area contributed by atoms with E-state index in [2.05, 4.69) is 0 Å². The summed E-state index contributed by atoms with van der Waals surface area (Å²) in [6.45, 7) is -0.00275. The third-order valence-corrected chi connectivity index (χ3v) is 2.44. The number of aliphatic hydroxyl groups is 3. The SMILES string of the molecule is O=C(O)CC(O)C(O)c1cccc(CCO)c1. The molecule has 1 rings (SSSR count). The number of hydrogen-bond acceptors (Lipinski definition) is 4. The van der Waals surface area contributed by atoms with Crippen LogP contribution in [0.5, 0.6) is 0 Å². The van der Waals surface area contributed by atoms with Crippen LogP contribution in [0.1, 0.15) is 23.7 Å². The van der Waals surface area contributed by atoms with Crippen LogP contribution >= 0.6 is 0 Å². The third-order valence-electron chi connectivity index (χ3n) is 2.44. The molecule has 2 atom stereocenters. The zero-order valence-corrected chi connectivity index (χ0v) is 9.28. The quantitative estimate of drug-likeness (QED) is 0.565. The molecule has 1 aromatic rings. The molecule has 17 heavy (non-hydrogen) atoms. The van der Waals surface area contributed by atoms with E-state index < -0.39 is 24.6 Å². The number of aliphatic hydroxyl groups excluding tert-OH is 3. The van der Waals surface area contributed by atoms with Gasteiger partial charge >= 0.3 is 5.97 Å². The molecule has 0 aliphatic heterocycles. The van der Waals surface area contributed by atoms with Crippen LogP contribution in [0.15, 0.2) is 24.3 Å². The Labute approximate surface area is 99.0 Å². The Morgan fingerprint density at radius 3 is 2.59 bits per heavy atom. The van der Waals surface area contributed by atoms with Crippen LogP contribution in [0.2, 0.25) is 0 Å². The Bertz CT molecular complexity index is 377. The van der Waals surface area contributed by atoms with E-state index in [9.17, 15) is 15.0 Å². The summed E-state index contributed by atoms with van der Waals surface area (Å²) in [5, 5.41) is 36.5. The average Bonchev–Trinajstić information content (AvgIpc) is 2.28. The second kappa shape index (κ2) is 6.34. The van der Waals surface area contributed by atoms with E-state index in [0.717, 1.165) is 5.56 Å². The van der Waals surface area contributed by atoms with Gasteiger partial charge in [-0.25, -0.2) is 0 Å². The number of carbonyl (C=O) groups is 1. The molecule has 0 aliphatic rings. The number of aliphatic carboxylic acids is 1. The van der Waals surface area contributed by atoms with Gasteiger partial charge in [0.15, 0.2) is 0 Å². The Morgan fingerprint density at radius 2 is 2.00 bits per heavy atom. The van der Waals surface area contributed by atoms with E-state index >= 15 is 0 Å². The maximum atomic E-state index is 10.4. The predicted octanol–water partition coefficient (Wildman–Crippen LogP) is 0.0904. The molecule has 0 saturated heterocycles. The smallest absolute Gasteiger partial charge is 0.306 e. The van der Waals surface area contributed by atoms with Gasteiger partial charge in [-0.2, -0.15) is 0 Å². The van der Waals surface area contributed by atoms with E-state index in [1.807, 2.05) is 0 Å². The number of carboxylic acids is 1. The molecule has 2 unspecified atom stereocenters. The van der Waals surface area contributed by atoms with E-state index in [4.69, 9.17) is 10.2 Å². The van der Waals surface area contributed by atoms with Gasteiger partial charge < -0.3 is 20.4 Å². The van der Waals surface area contributed by atoms with Gasteiger partial charge in [-0.1, -0.05) is 24.3 Å². The van der Waals surface area contributed by atoms with Crippen molar-refractivity contribution >= 4 is 5.97 Å². The summed E-state index contributed by atoms with van der Waals surface area (Å²) >= 11 is 0. The number of benzene rings is 1. The normalized spacial score (nSPS) is 14.3. The first-order valence-electron chi connectivity index (χ1n) is 5.32. The molecule has 0 fully saturated rings. The molecule has 94 valence electrons. The molecule has 1 aromatic carbocycles. The molecule has 5 heteroatoms. The second-order valence-electron chi connectivity index (χ2n) is 3.83. The fraction of sp³-hybridized carbons (Fsp3) is 0.417. The highest BCUT2D eigenvalue weighted by molar-refractivity contribution is 5.67. The summed E-state index contributed by atoms with van der Waals surface area (Å²) in [7, 11) is 0. The Morgan fingerprint density at radius 1 is 1.29 bits per heavy atom. The molecule has 0 heterocycles. The number of hydrogen-bond donors (Lipinski definition) is 4. The molecule has 4 N–H and O–H groups in total. The molecule has 0 aromatic heterocycles. The van der Waals surface area contributed by atoms with E-state index in [0.29, 0.717) is 12.0 Å². The zero-order chi connectivity index (χ0) is 12.8. The Balaban J connectivity index is 2.76. The van der Waals surface area contributed by atoms with Crippen LogP contribution in [0.25, 0.3) is 0 Å². The molecular formula is C12H16O5. The van der Waals surface area contributed by atoms with Gasteiger partial charge in [-0.15, -0.1) is 0 Å². The Kier molecular flexibility index (Phi) is 5.09. The molecule has 0 bridgehead atoms. The fourth-order valence-corrected chi connectivity index (χ4v) is 1.57. The van der Waals surface area contributed by atoms with Crippen LogP contribution < -0.4 is 0 Å². The Hall–Kier alpha value is -1.43. The topological polar surface area (TPSA) is 98.0 Å². The average molecular weight is 240 g/mol. The summed E-state index contributed by atoms with van der Waals surface area (Å²) in [6, 6.07) is 6.73. The fourth-order valence-electron chi connectivity index (χ4n) is 1.57. The molecule has 5 nitrogen and oxygen atoms in total. The van der Waals surface area contributed by atoms with Gasteiger partial charge in [0.05, 0.1) is 12.5 Å². The lowest BCUT2D eigenvalue weighted by Gasteiger charge is -2.17. The largest absolute Gasteiger partial charge is 0.481 e. The molecule has 0 amide bonds. The maximum Gasteiger partial charge on any atom is 0.306 e. The van der Waals surface area contributed by atoms with Crippen LogP contribution in [-0.2, 0) is 11.2 Å². The van der Waals surface area contributed by atoms with Crippen LogP contribution in [-0.4, -0.2) is 39.1 Å². The lowest BCUT2D eigenvalue weighted by atomic mass is 9.99. The summed E-state index contributed by atoms with van der Waals surface area (Å²) in [5.41, 5.74) is 1.27. The van der Waals surface area contributed by atoms with Gasteiger partial charge in [0.2, 0.25) is 0 Å². The minimum atomic E-state index is -1.34. The highest BCUT2D eigenvalue weighted by Crippen LogP contribution is 2.20. The van der Waals surface area contributed by atoms with Crippen molar-refractivity contribution < 1.29 is 25.2 Å². The standard InChI is InChI=1S/C12H16O5/c13-5-4-8-2-1-3-9(6-8)12(17)10(14)7-11(15)16/h1-3,6,10,12-14,17H,4-5,7H2,(H,15,16). The van der Waals surface area contributed by atoms with Crippen LogP contribution in [0, 0.1) is 0 Å². The highest BCUT2D eigenvalue weighted by Gasteiger charge is 2.21. The zero-order valence-electron chi connectivity index (χ0n) is 9.28. The highest BCUT2D eigenvalue weighted by atomic mass is 16.4. The van der Waals surface area contributed by atoms with Crippen molar-refractivity contribution in [1.29, 1.82) is 0 Å².